The molecule has 2 aromatic heterocycles. The standard InChI is InChI=1S/C30H28F3N5O2/c31-22-12-26(38(16-22)27(39)17-37-18-35-23-8-4-5-9-25(23)37)29(40)36-28(19-6-2-1-3-7-19)24-11-10-20(15-34-24)21-13-30(32,33)14-21/h1-11,15,18,21-22,26,28H,12-14,16-17H2,(H,36,40)/t22-,26?,28+/m1/s1. The van der Waals surface area contributed by atoms with E-state index in [1.807, 2.05) is 54.6 Å². The number of amides is 2. The van der Waals surface area contributed by atoms with Crippen LogP contribution in [0.1, 0.15) is 48.0 Å². The molecule has 40 heavy (non-hydrogen) atoms. The summed E-state index contributed by atoms with van der Waals surface area (Å²) in [5, 5.41) is 2.97. The third-order valence-corrected chi connectivity index (χ3v) is 7.79. The molecule has 0 radical (unpaired) electrons. The van der Waals surface area contributed by atoms with Crippen molar-refractivity contribution in [3.05, 3.63) is 96.1 Å². The molecule has 1 saturated heterocycles. The number of benzene rings is 2. The number of pyridine rings is 1. The largest absolute Gasteiger partial charge is 0.342 e. The van der Waals surface area contributed by atoms with E-state index in [4.69, 9.17) is 0 Å². The monoisotopic (exact) mass is 547 g/mol. The molecule has 10 heteroatoms. The van der Waals surface area contributed by atoms with Gasteiger partial charge in [-0.1, -0.05) is 48.5 Å². The number of nitrogens with one attached hydrogen (secondary N) is 1. The highest BCUT2D eigenvalue weighted by molar-refractivity contribution is 5.89. The highest BCUT2D eigenvalue weighted by Crippen LogP contribution is 2.48. The molecule has 2 aliphatic rings. The molecule has 2 fully saturated rings. The molecule has 1 aliphatic heterocycles. The highest BCUT2D eigenvalue weighted by Gasteiger charge is 2.46. The molecular weight excluding hydrogens is 519 g/mol. The van der Waals surface area contributed by atoms with Crippen LogP contribution in [0.3, 0.4) is 0 Å². The average molecular weight is 548 g/mol. The van der Waals surface area contributed by atoms with Crippen molar-refractivity contribution in [2.45, 2.75) is 55.9 Å². The average Bonchev–Trinajstić information content (AvgIpc) is 3.54. The van der Waals surface area contributed by atoms with Crippen LogP contribution in [-0.4, -0.2) is 55.9 Å². The van der Waals surface area contributed by atoms with Crippen molar-refractivity contribution < 1.29 is 22.8 Å². The van der Waals surface area contributed by atoms with Crippen molar-refractivity contribution in [1.82, 2.24) is 24.8 Å². The van der Waals surface area contributed by atoms with Crippen LogP contribution in [-0.2, 0) is 16.1 Å². The first-order valence-corrected chi connectivity index (χ1v) is 13.3. The second-order valence-corrected chi connectivity index (χ2v) is 10.6. The van der Waals surface area contributed by atoms with Gasteiger partial charge in [0.1, 0.15) is 18.8 Å². The second kappa shape index (κ2) is 10.4. The van der Waals surface area contributed by atoms with Crippen LogP contribution in [0.2, 0.25) is 0 Å². The molecule has 0 bridgehead atoms. The normalized spacial score (nSPS) is 21.2. The molecule has 7 nitrogen and oxygen atoms in total. The summed E-state index contributed by atoms with van der Waals surface area (Å²) in [6.45, 7) is -0.235. The van der Waals surface area contributed by atoms with E-state index in [9.17, 15) is 22.8 Å². The fraction of sp³-hybridized carbons (Fsp3) is 0.333. The number of hydrogen-bond donors (Lipinski definition) is 1. The maximum atomic E-state index is 14.6. The number of carbonyl (C=O) groups excluding carboxylic acids is 2. The van der Waals surface area contributed by atoms with Crippen LogP contribution < -0.4 is 5.32 Å². The van der Waals surface area contributed by atoms with Crippen molar-refractivity contribution in [3.63, 3.8) is 0 Å². The summed E-state index contributed by atoms with van der Waals surface area (Å²) in [5.74, 6) is -3.73. The van der Waals surface area contributed by atoms with Crippen molar-refractivity contribution in [3.8, 4) is 0 Å². The zero-order valence-corrected chi connectivity index (χ0v) is 21.6. The molecule has 1 aliphatic carbocycles. The number of para-hydroxylation sites is 2. The third kappa shape index (κ3) is 5.17. The predicted molar refractivity (Wildman–Crippen MR) is 142 cm³/mol. The van der Waals surface area contributed by atoms with Crippen LogP contribution in [0.5, 0.6) is 0 Å². The van der Waals surface area contributed by atoms with E-state index in [2.05, 4.69) is 15.3 Å². The molecule has 4 aromatic rings. The van der Waals surface area contributed by atoms with E-state index in [1.54, 1.807) is 29.2 Å². The number of imidazole rings is 1. The fourth-order valence-corrected chi connectivity index (χ4v) is 5.62. The number of carbonyl (C=O) groups is 2. The molecule has 3 heterocycles. The first kappa shape index (κ1) is 26.0. The molecular formula is C30H28F3N5O2. The minimum atomic E-state index is -2.63. The van der Waals surface area contributed by atoms with Gasteiger partial charge in [-0.3, -0.25) is 14.6 Å². The van der Waals surface area contributed by atoms with Crippen LogP contribution >= 0.6 is 0 Å². The molecule has 3 atom stereocenters. The summed E-state index contributed by atoms with van der Waals surface area (Å²) >= 11 is 0. The zero-order valence-electron chi connectivity index (χ0n) is 21.6. The number of fused-ring (bicyclic) bond motifs is 1. The quantitative estimate of drug-likeness (QED) is 0.361. The maximum Gasteiger partial charge on any atom is 0.249 e. The molecule has 2 aromatic carbocycles. The summed E-state index contributed by atoms with van der Waals surface area (Å²) in [4.78, 5) is 37.0. The summed E-state index contributed by atoms with van der Waals surface area (Å²) in [7, 11) is 0. The van der Waals surface area contributed by atoms with Gasteiger partial charge >= 0.3 is 0 Å². The number of rotatable bonds is 7. The van der Waals surface area contributed by atoms with E-state index in [0.29, 0.717) is 5.69 Å². The minimum Gasteiger partial charge on any atom is -0.342 e. The van der Waals surface area contributed by atoms with Crippen LogP contribution in [0.15, 0.2) is 79.3 Å². The van der Waals surface area contributed by atoms with E-state index in [-0.39, 0.29) is 44.2 Å². The molecule has 0 spiro atoms. The Labute approximate surface area is 229 Å². The lowest BCUT2D eigenvalue weighted by Gasteiger charge is -2.35. The first-order valence-electron chi connectivity index (χ1n) is 13.3. The number of nitrogens with zero attached hydrogens (tertiary/aromatic N) is 4. The Morgan fingerprint density at radius 1 is 1.00 bits per heavy atom. The summed E-state index contributed by atoms with van der Waals surface area (Å²) in [6.07, 6.45) is 1.32. The van der Waals surface area contributed by atoms with E-state index in [0.717, 1.165) is 22.2 Å². The predicted octanol–water partition coefficient (Wildman–Crippen LogP) is 4.79. The number of halogens is 3. The van der Waals surface area contributed by atoms with Crippen molar-refractivity contribution in [1.29, 1.82) is 0 Å². The number of hydrogen-bond acceptors (Lipinski definition) is 4. The Kier molecular flexibility index (Phi) is 6.77. The van der Waals surface area contributed by atoms with Crippen LogP contribution in [0.4, 0.5) is 13.2 Å². The first-order chi connectivity index (χ1) is 19.3. The van der Waals surface area contributed by atoms with Gasteiger partial charge in [0, 0.05) is 25.5 Å². The molecule has 2 amide bonds. The highest BCUT2D eigenvalue weighted by atomic mass is 19.3. The van der Waals surface area contributed by atoms with Gasteiger partial charge in [0.2, 0.25) is 17.7 Å². The lowest BCUT2D eigenvalue weighted by atomic mass is 9.77. The van der Waals surface area contributed by atoms with Gasteiger partial charge < -0.3 is 14.8 Å². The molecule has 1 saturated carbocycles. The topological polar surface area (TPSA) is 80.1 Å². The summed E-state index contributed by atoms with van der Waals surface area (Å²) in [6, 6.07) is 18.4. The van der Waals surface area contributed by atoms with E-state index in [1.165, 1.54) is 4.90 Å². The van der Waals surface area contributed by atoms with Gasteiger partial charge in [-0.25, -0.2) is 18.2 Å². The summed E-state index contributed by atoms with van der Waals surface area (Å²) in [5.41, 5.74) is 3.52. The van der Waals surface area contributed by atoms with Gasteiger partial charge in [-0.2, -0.15) is 0 Å². The van der Waals surface area contributed by atoms with E-state index >= 15 is 0 Å². The lowest BCUT2D eigenvalue weighted by Crippen LogP contribution is -2.48. The fourth-order valence-electron chi connectivity index (χ4n) is 5.62. The van der Waals surface area contributed by atoms with Crippen molar-refractivity contribution in [2.75, 3.05) is 6.54 Å². The van der Waals surface area contributed by atoms with Crippen LogP contribution in [0.25, 0.3) is 11.0 Å². The van der Waals surface area contributed by atoms with Gasteiger partial charge in [0.25, 0.3) is 0 Å². The SMILES string of the molecule is O=C(N[C@@H](c1ccccc1)c1ccc(C2CC(F)(F)C2)cn1)C1C[C@@H](F)CN1C(=O)Cn1cnc2ccccc21. The molecule has 206 valence electrons. The maximum absolute atomic E-state index is 14.6. The Morgan fingerprint density at radius 3 is 2.48 bits per heavy atom. The van der Waals surface area contributed by atoms with E-state index < -0.39 is 30.1 Å². The lowest BCUT2D eigenvalue weighted by molar-refractivity contribution is -0.139. The Bertz CT molecular complexity index is 1520. The van der Waals surface area contributed by atoms with Gasteiger partial charge in [0.05, 0.1) is 35.6 Å². The van der Waals surface area contributed by atoms with Crippen LogP contribution in [0, 0.1) is 0 Å². The Balaban J connectivity index is 1.21. The number of aromatic nitrogens is 3. The summed E-state index contributed by atoms with van der Waals surface area (Å²) < 4.78 is 43.0. The molecule has 1 N–H and O–H groups in total. The Morgan fingerprint density at radius 2 is 1.75 bits per heavy atom. The number of alkyl halides is 3. The molecule has 1 unspecified atom stereocenters. The minimum absolute atomic E-state index is 0.0671. The Hall–Kier alpha value is -4.21. The molecule has 6 rings (SSSR count). The van der Waals surface area contributed by atoms with Crippen molar-refractivity contribution in [2.24, 2.45) is 0 Å². The number of likely N-dealkylation sites (tertiary alicyclic amines) is 1. The van der Waals surface area contributed by atoms with Crippen molar-refractivity contribution >= 4 is 22.8 Å². The van der Waals surface area contributed by atoms with Gasteiger partial charge in [0.15, 0.2) is 0 Å². The van der Waals surface area contributed by atoms with Gasteiger partial charge in [-0.05, 0) is 35.2 Å². The zero-order chi connectivity index (χ0) is 27.9. The second-order valence-electron chi connectivity index (χ2n) is 10.6. The third-order valence-electron chi connectivity index (χ3n) is 7.79. The smallest absolute Gasteiger partial charge is 0.249 e. The van der Waals surface area contributed by atoms with Gasteiger partial charge in [-0.15, -0.1) is 0 Å².